The number of hydrogen-bond donors (Lipinski definition) is 2. The summed E-state index contributed by atoms with van der Waals surface area (Å²) in [5.74, 6) is -3.32. The summed E-state index contributed by atoms with van der Waals surface area (Å²) < 4.78 is 30.2. The number of nitrogens with one attached hydrogen (secondary N) is 2. The summed E-state index contributed by atoms with van der Waals surface area (Å²) in [6, 6.07) is 16.0. The molecule has 0 atom stereocenters. The first kappa shape index (κ1) is 23.6. The summed E-state index contributed by atoms with van der Waals surface area (Å²) in [5.41, 5.74) is 1.49. The maximum Gasteiger partial charge on any atom is 0.281 e. The van der Waals surface area contributed by atoms with Gasteiger partial charge >= 0.3 is 0 Å². The number of allylic oxidation sites excluding steroid dienone is 2. The molecule has 1 aromatic heterocycles. The predicted molar refractivity (Wildman–Crippen MR) is 128 cm³/mol. The molecule has 0 saturated carbocycles. The number of amides is 1. The Labute approximate surface area is 191 Å². The third-order valence-electron chi connectivity index (χ3n) is 4.81. The van der Waals surface area contributed by atoms with E-state index in [1.54, 1.807) is 49.2 Å². The highest BCUT2D eigenvalue weighted by atomic mass is 19.3. The van der Waals surface area contributed by atoms with Gasteiger partial charge in [0, 0.05) is 36.7 Å². The van der Waals surface area contributed by atoms with Crippen LogP contribution in [0.3, 0.4) is 0 Å². The summed E-state index contributed by atoms with van der Waals surface area (Å²) in [6.45, 7) is 5.12. The minimum atomic E-state index is -3.18. The van der Waals surface area contributed by atoms with E-state index in [9.17, 15) is 4.79 Å². The highest BCUT2D eigenvalue weighted by Crippen LogP contribution is 2.39. The van der Waals surface area contributed by atoms with Gasteiger partial charge in [-0.05, 0) is 43.3 Å². The van der Waals surface area contributed by atoms with E-state index in [-0.39, 0.29) is 23.2 Å². The number of para-hydroxylation sites is 1. The fourth-order valence-corrected chi connectivity index (χ4v) is 3.08. The summed E-state index contributed by atoms with van der Waals surface area (Å²) >= 11 is 0. The average molecular weight is 450 g/mol. The molecule has 170 valence electrons. The van der Waals surface area contributed by atoms with Gasteiger partial charge in [0.25, 0.3) is 5.92 Å². The van der Waals surface area contributed by atoms with Gasteiger partial charge in [-0.3, -0.25) is 4.79 Å². The van der Waals surface area contributed by atoms with Crippen molar-refractivity contribution in [2.45, 2.75) is 19.3 Å². The van der Waals surface area contributed by atoms with E-state index in [0.717, 1.165) is 18.0 Å². The second-order valence-electron chi connectivity index (χ2n) is 7.20. The largest absolute Gasteiger partial charge is 0.329 e. The molecule has 0 saturated heterocycles. The van der Waals surface area contributed by atoms with Gasteiger partial charge in [-0.25, -0.2) is 13.8 Å². The molecule has 0 aliphatic rings. The van der Waals surface area contributed by atoms with Gasteiger partial charge in [0.15, 0.2) is 0 Å². The zero-order valence-corrected chi connectivity index (χ0v) is 18.4. The van der Waals surface area contributed by atoms with E-state index in [1.165, 1.54) is 6.08 Å². The fourth-order valence-electron chi connectivity index (χ4n) is 3.08. The first-order valence-corrected chi connectivity index (χ1v) is 10.3. The fraction of sp³-hybridized carbons (Fsp3) is 0.160. The molecule has 2 N–H and O–H groups in total. The second kappa shape index (κ2) is 10.5. The molecule has 1 heterocycles. The normalized spacial score (nSPS) is 11.3. The number of hydrogen-bond acceptors (Lipinski definition) is 5. The third kappa shape index (κ3) is 6.00. The second-order valence-corrected chi connectivity index (χ2v) is 7.20. The van der Waals surface area contributed by atoms with Gasteiger partial charge in [0.1, 0.15) is 5.82 Å². The number of alkyl halides is 2. The zero-order valence-electron chi connectivity index (χ0n) is 18.4. The van der Waals surface area contributed by atoms with Crippen LogP contribution < -0.4 is 15.5 Å². The molecule has 3 rings (SSSR count). The Morgan fingerprint density at radius 3 is 2.58 bits per heavy atom. The van der Waals surface area contributed by atoms with E-state index in [4.69, 9.17) is 0 Å². The minimum absolute atomic E-state index is 0.0464. The molecule has 0 aliphatic heterocycles. The molecular weight excluding hydrogens is 424 g/mol. The van der Waals surface area contributed by atoms with Crippen molar-refractivity contribution in [3.05, 3.63) is 91.2 Å². The van der Waals surface area contributed by atoms with Crippen LogP contribution in [0.15, 0.2) is 85.6 Å². The first-order chi connectivity index (χ1) is 15.8. The van der Waals surface area contributed by atoms with Crippen LogP contribution in [0.4, 0.5) is 37.6 Å². The molecule has 6 nitrogen and oxygen atoms in total. The van der Waals surface area contributed by atoms with Crippen molar-refractivity contribution >= 4 is 34.7 Å². The lowest BCUT2D eigenvalue weighted by molar-refractivity contribution is -0.111. The molecule has 0 bridgehead atoms. The van der Waals surface area contributed by atoms with E-state index in [0.29, 0.717) is 11.4 Å². The minimum Gasteiger partial charge on any atom is -0.329 e. The number of benzene rings is 2. The lowest BCUT2D eigenvalue weighted by Crippen LogP contribution is -2.22. The quantitative estimate of drug-likeness (QED) is 0.302. The monoisotopic (exact) mass is 449 g/mol. The van der Waals surface area contributed by atoms with Gasteiger partial charge in [0.05, 0.1) is 5.56 Å². The van der Waals surface area contributed by atoms with Gasteiger partial charge in [-0.2, -0.15) is 4.98 Å². The Kier molecular flexibility index (Phi) is 7.50. The molecular formula is C25H25F2N5O. The van der Waals surface area contributed by atoms with Crippen LogP contribution >= 0.6 is 0 Å². The summed E-state index contributed by atoms with van der Waals surface area (Å²) in [7, 11) is 1.64. The maximum atomic E-state index is 15.1. The molecule has 2 aromatic carbocycles. The number of carbonyl (C=O) groups excluding carboxylic acids is 1. The van der Waals surface area contributed by atoms with Crippen molar-refractivity contribution in [3.8, 4) is 0 Å². The van der Waals surface area contributed by atoms with Crippen LogP contribution in [0.2, 0.25) is 0 Å². The van der Waals surface area contributed by atoms with E-state index < -0.39 is 12.3 Å². The summed E-state index contributed by atoms with van der Waals surface area (Å²) in [4.78, 5) is 21.8. The van der Waals surface area contributed by atoms with Crippen molar-refractivity contribution < 1.29 is 13.6 Å². The third-order valence-corrected chi connectivity index (χ3v) is 4.81. The Balaban J connectivity index is 2.04. The lowest BCUT2D eigenvalue weighted by atomic mass is 10.1. The molecule has 0 radical (unpaired) electrons. The number of aromatic nitrogens is 2. The van der Waals surface area contributed by atoms with Crippen LogP contribution in [-0.4, -0.2) is 22.9 Å². The Morgan fingerprint density at radius 2 is 1.88 bits per heavy atom. The smallest absolute Gasteiger partial charge is 0.281 e. The highest BCUT2D eigenvalue weighted by Gasteiger charge is 2.35. The van der Waals surface area contributed by atoms with Gasteiger partial charge < -0.3 is 15.5 Å². The van der Waals surface area contributed by atoms with Crippen LogP contribution in [0, 0.1) is 0 Å². The predicted octanol–water partition coefficient (Wildman–Crippen LogP) is 6.17. The van der Waals surface area contributed by atoms with Crippen molar-refractivity contribution in [2.75, 3.05) is 22.6 Å². The lowest BCUT2D eigenvalue weighted by Gasteiger charge is -2.25. The Bertz CT molecular complexity index is 1150. The van der Waals surface area contributed by atoms with Crippen LogP contribution in [0.5, 0.6) is 0 Å². The van der Waals surface area contributed by atoms with E-state index in [1.807, 2.05) is 30.3 Å². The van der Waals surface area contributed by atoms with Crippen LogP contribution in [-0.2, 0) is 10.7 Å². The standard InChI is InChI=1S/C25H25F2N5O/c1-4-6-15-25(26,27)21-17-28-24(30-18-11-8-7-9-12-18)31-23(21)32(3)20-14-10-13-19(16-20)29-22(33)5-2/h4-14,16-17H,2,15H2,1,3H3,(H,29,33)(H,28,30,31)/b6-4+. The molecule has 0 spiro atoms. The molecule has 1 amide bonds. The number of rotatable bonds is 9. The van der Waals surface area contributed by atoms with Crippen LogP contribution in [0.25, 0.3) is 0 Å². The first-order valence-electron chi connectivity index (χ1n) is 10.3. The molecule has 8 heteroatoms. The van der Waals surface area contributed by atoms with Crippen LogP contribution in [0.1, 0.15) is 18.9 Å². The highest BCUT2D eigenvalue weighted by molar-refractivity contribution is 5.99. The van der Waals surface area contributed by atoms with Crippen molar-refractivity contribution in [2.24, 2.45) is 0 Å². The van der Waals surface area contributed by atoms with Crippen molar-refractivity contribution in [1.82, 2.24) is 9.97 Å². The van der Waals surface area contributed by atoms with Gasteiger partial charge in [-0.15, -0.1) is 0 Å². The van der Waals surface area contributed by atoms with Gasteiger partial charge in [0.2, 0.25) is 11.9 Å². The Morgan fingerprint density at radius 1 is 1.15 bits per heavy atom. The van der Waals surface area contributed by atoms with E-state index >= 15 is 8.78 Å². The van der Waals surface area contributed by atoms with Crippen molar-refractivity contribution in [1.29, 1.82) is 0 Å². The zero-order chi connectivity index (χ0) is 23.8. The molecule has 33 heavy (non-hydrogen) atoms. The number of nitrogens with zero attached hydrogens (tertiary/aromatic N) is 3. The maximum absolute atomic E-state index is 15.1. The number of anilines is 5. The molecule has 0 aliphatic carbocycles. The Hall–Kier alpha value is -4.07. The van der Waals surface area contributed by atoms with Crippen molar-refractivity contribution in [3.63, 3.8) is 0 Å². The average Bonchev–Trinajstić information content (AvgIpc) is 2.83. The molecule has 0 fully saturated rings. The number of carbonyl (C=O) groups is 1. The van der Waals surface area contributed by atoms with Gasteiger partial charge in [-0.1, -0.05) is 43.0 Å². The number of halogens is 2. The SMILES string of the molecule is C=CC(=O)Nc1cccc(N(C)c2nc(Nc3ccccc3)ncc2C(F)(F)C/C=C/C)c1. The van der Waals surface area contributed by atoms with E-state index in [2.05, 4.69) is 27.2 Å². The summed E-state index contributed by atoms with van der Waals surface area (Å²) in [6.07, 6.45) is 4.81. The summed E-state index contributed by atoms with van der Waals surface area (Å²) in [5, 5.41) is 5.71. The molecule has 0 unspecified atom stereocenters. The molecule has 3 aromatic rings. The topological polar surface area (TPSA) is 70.2 Å².